The number of carbonyl (C=O) groups is 1. The topological polar surface area (TPSA) is 64.4 Å². The van der Waals surface area contributed by atoms with E-state index in [4.69, 9.17) is 10.5 Å². The fourth-order valence-corrected chi connectivity index (χ4v) is 2.01. The minimum atomic E-state index is -4.31. The Hall–Kier alpha value is -0.820. The lowest BCUT2D eigenvalue weighted by molar-refractivity contribution is -0.188. The summed E-state index contributed by atoms with van der Waals surface area (Å²) in [5.74, 6) is -0.297. The third-order valence-corrected chi connectivity index (χ3v) is 3.03. The van der Waals surface area contributed by atoms with Crippen LogP contribution in [0.5, 0.6) is 0 Å². The zero-order valence-corrected chi connectivity index (χ0v) is 11.2. The van der Waals surface area contributed by atoms with E-state index in [0.29, 0.717) is 12.8 Å². The molecule has 1 rings (SSSR count). The number of halogens is 3. The first-order chi connectivity index (χ1) is 8.58. The van der Waals surface area contributed by atoms with Crippen LogP contribution >= 0.6 is 0 Å². The first-order valence-corrected chi connectivity index (χ1v) is 6.36. The van der Waals surface area contributed by atoms with Crippen LogP contribution in [0.2, 0.25) is 0 Å². The van der Waals surface area contributed by atoms with Gasteiger partial charge in [0.25, 0.3) is 0 Å². The highest BCUT2D eigenvalue weighted by molar-refractivity contribution is 5.85. The average Bonchev–Trinajstić information content (AvgIpc) is 2.25. The van der Waals surface area contributed by atoms with E-state index in [1.54, 1.807) is 13.8 Å². The summed E-state index contributed by atoms with van der Waals surface area (Å²) < 4.78 is 41.0. The molecular weight excluding hydrogens is 261 g/mol. The van der Waals surface area contributed by atoms with Crippen LogP contribution in [0.15, 0.2) is 0 Å². The molecule has 0 saturated heterocycles. The number of nitrogens with one attached hydrogen (secondary N) is 1. The van der Waals surface area contributed by atoms with Gasteiger partial charge in [-0.25, -0.2) is 0 Å². The lowest BCUT2D eigenvalue weighted by Crippen LogP contribution is -2.53. The summed E-state index contributed by atoms with van der Waals surface area (Å²) in [7, 11) is 0. The van der Waals surface area contributed by atoms with Crippen LogP contribution in [0.3, 0.4) is 0 Å². The van der Waals surface area contributed by atoms with Gasteiger partial charge in [0.2, 0.25) is 5.91 Å². The monoisotopic (exact) mass is 282 g/mol. The first kappa shape index (κ1) is 16.2. The van der Waals surface area contributed by atoms with Crippen LogP contribution in [0, 0.1) is 0 Å². The summed E-state index contributed by atoms with van der Waals surface area (Å²) in [5, 5.41) is 2.76. The Bertz CT molecular complexity index is 313. The zero-order chi connectivity index (χ0) is 14.7. The largest absolute Gasteiger partial charge is 0.411 e. The summed E-state index contributed by atoms with van der Waals surface area (Å²) in [6.45, 7) is 1.94. The number of hydrogen-bond donors (Lipinski definition) is 2. The highest BCUT2D eigenvalue weighted by Crippen LogP contribution is 2.24. The first-order valence-electron chi connectivity index (χ1n) is 6.36. The summed E-state index contributed by atoms with van der Waals surface area (Å²) >= 11 is 0. The molecule has 0 aromatic carbocycles. The van der Waals surface area contributed by atoms with E-state index in [0.717, 1.165) is 12.8 Å². The average molecular weight is 282 g/mol. The van der Waals surface area contributed by atoms with Crippen molar-refractivity contribution in [2.45, 2.75) is 63.4 Å². The number of ether oxygens (including phenoxy) is 1. The molecule has 2 unspecified atom stereocenters. The van der Waals surface area contributed by atoms with Crippen LogP contribution < -0.4 is 11.1 Å². The molecule has 2 atom stereocenters. The molecule has 0 radical (unpaired) electrons. The number of carbonyl (C=O) groups excluding carboxylic acids is 1. The van der Waals surface area contributed by atoms with E-state index in [1.165, 1.54) is 0 Å². The lowest BCUT2D eigenvalue weighted by Gasteiger charge is -2.31. The van der Waals surface area contributed by atoms with Crippen molar-refractivity contribution < 1.29 is 22.7 Å². The molecule has 0 spiro atoms. The lowest BCUT2D eigenvalue weighted by atomic mass is 9.92. The predicted molar refractivity (Wildman–Crippen MR) is 64.5 cm³/mol. The number of nitrogens with two attached hydrogens (primary N) is 1. The Morgan fingerprint density at radius 1 is 1.37 bits per heavy atom. The van der Waals surface area contributed by atoms with E-state index in [-0.39, 0.29) is 11.9 Å². The van der Waals surface area contributed by atoms with E-state index >= 15 is 0 Å². The van der Waals surface area contributed by atoms with Gasteiger partial charge in [-0.3, -0.25) is 4.79 Å². The predicted octanol–water partition coefficient (Wildman–Crippen LogP) is 1.73. The summed E-state index contributed by atoms with van der Waals surface area (Å²) in [5.41, 5.74) is 4.67. The summed E-state index contributed by atoms with van der Waals surface area (Å²) in [4.78, 5) is 11.7. The normalized spacial score (nSPS) is 25.2. The van der Waals surface area contributed by atoms with Crippen molar-refractivity contribution in [3.8, 4) is 0 Å². The molecule has 112 valence electrons. The third kappa shape index (κ3) is 6.24. The second kappa shape index (κ2) is 6.09. The molecule has 0 heterocycles. The number of rotatable bonds is 4. The van der Waals surface area contributed by atoms with Crippen molar-refractivity contribution in [3.05, 3.63) is 0 Å². The molecule has 1 saturated carbocycles. The number of amides is 1. The van der Waals surface area contributed by atoms with Crippen LogP contribution in [0.1, 0.15) is 39.5 Å². The third-order valence-electron chi connectivity index (χ3n) is 3.03. The van der Waals surface area contributed by atoms with Crippen molar-refractivity contribution in [2.75, 3.05) is 6.61 Å². The van der Waals surface area contributed by atoms with Crippen molar-refractivity contribution in [3.63, 3.8) is 0 Å². The Balaban J connectivity index is 2.40. The molecule has 0 aromatic heterocycles. The van der Waals surface area contributed by atoms with E-state index < -0.39 is 24.4 Å². The minimum Gasteiger partial charge on any atom is -0.369 e. The van der Waals surface area contributed by atoms with Gasteiger partial charge in [-0.2, -0.15) is 13.2 Å². The number of hydrogen-bond acceptors (Lipinski definition) is 3. The Morgan fingerprint density at radius 2 is 2.00 bits per heavy atom. The van der Waals surface area contributed by atoms with Crippen LogP contribution in [0.4, 0.5) is 13.2 Å². The molecule has 3 N–H and O–H groups in total. The maximum Gasteiger partial charge on any atom is 0.411 e. The molecule has 0 aromatic rings. The van der Waals surface area contributed by atoms with Crippen molar-refractivity contribution in [2.24, 2.45) is 5.73 Å². The van der Waals surface area contributed by atoms with E-state index in [2.05, 4.69) is 5.32 Å². The smallest absolute Gasteiger partial charge is 0.369 e. The number of alkyl halides is 3. The van der Waals surface area contributed by atoms with Crippen LogP contribution in [0.25, 0.3) is 0 Å². The zero-order valence-electron chi connectivity index (χ0n) is 11.2. The van der Waals surface area contributed by atoms with Gasteiger partial charge in [0.05, 0.1) is 11.6 Å². The quantitative estimate of drug-likeness (QED) is 0.825. The Kier molecular flexibility index (Phi) is 5.20. The van der Waals surface area contributed by atoms with Crippen LogP contribution in [-0.4, -0.2) is 36.4 Å². The van der Waals surface area contributed by atoms with Crippen molar-refractivity contribution in [1.82, 2.24) is 5.32 Å². The Labute approximate surface area is 110 Å². The maximum absolute atomic E-state index is 12.1. The van der Waals surface area contributed by atoms with E-state index in [1.807, 2.05) is 0 Å². The van der Waals surface area contributed by atoms with Gasteiger partial charge in [-0.15, -0.1) is 0 Å². The van der Waals surface area contributed by atoms with Gasteiger partial charge < -0.3 is 15.8 Å². The van der Waals surface area contributed by atoms with Gasteiger partial charge in [-0.05, 0) is 39.5 Å². The van der Waals surface area contributed by atoms with Gasteiger partial charge in [0, 0.05) is 6.04 Å². The van der Waals surface area contributed by atoms with E-state index in [9.17, 15) is 18.0 Å². The van der Waals surface area contributed by atoms with Gasteiger partial charge in [-0.1, -0.05) is 0 Å². The fourth-order valence-electron chi connectivity index (χ4n) is 2.01. The van der Waals surface area contributed by atoms with Gasteiger partial charge in [0.15, 0.2) is 0 Å². The maximum atomic E-state index is 12.1. The minimum absolute atomic E-state index is 0.165. The van der Waals surface area contributed by atoms with Crippen molar-refractivity contribution in [1.29, 1.82) is 0 Å². The molecule has 19 heavy (non-hydrogen) atoms. The standard InChI is InChI=1S/C12H21F3N2O2/c1-11(2,16)10(18)17-8-4-3-5-9(6-8)19-7-12(13,14)15/h8-9H,3-7,16H2,1-2H3,(H,17,18). The van der Waals surface area contributed by atoms with Gasteiger partial charge in [0.1, 0.15) is 6.61 Å². The fraction of sp³-hybridized carbons (Fsp3) is 0.917. The molecular formula is C12H21F3N2O2. The molecule has 1 aliphatic rings. The molecule has 0 aliphatic heterocycles. The van der Waals surface area contributed by atoms with Crippen molar-refractivity contribution >= 4 is 5.91 Å². The highest BCUT2D eigenvalue weighted by Gasteiger charge is 2.32. The second-order valence-corrected chi connectivity index (χ2v) is 5.61. The SMILES string of the molecule is CC(C)(N)C(=O)NC1CCCC(OCC(F)(F)F)C1. The summed E-state index contributed by atoms with van der Waals surface area (Å²) in [6, 6.07) is -0.165. The molecule has 4 nitrogen and oxygen atoms in total. The molecule has 7 heteroatoms. The van der Waals surface area contributed by atoms with Crippen LogP contribution in [-0.2, 0) is 9.53 Å². The highest BCUT2D eigenvalue weighted by atomic mass is 19.4. The molecule has 1 fully saturated rings. The van der Waals surface area contributed by atoms with Gasteiger partial charge >= 0.3 is 6.18 Å². The molecule has 1 amide bonds. The second-order valence-electron chi connectivity index (χ2n) is 5.61. The molecule has 0 bridgehead atoms. The Morgan fingerprint density at radius 3 is 2.53 bits per heavy atom. The molecule has 1 aliphatic carbocycles. The summed E-state index contributed by atoms with van der Waals surface area (Å²) in [6.07, 6.45) is -2.30.